The van der Waals surface area contributed by atoms with Crippen LogP contribution in [0, 0.1) is 0 Å². The molecule has 1 unspecified atom stereocenters. The first-order valence-corrected chi connectivity index (χ1v) is 39.4. The van der Waals surface area contributed by atoms with Crippen molar-refractivity contribution in [3.8, 4) is 46.0 Å². The summed E-state index contributed by atoms with van der Waals surface area (Å²) in [6.45, 7) is 19.2. The first-order chi connectivity index (χ1) is 55.2. The minimum atomic E-state index is -0.502. The average Bonchev–Trinajstić information content (AvgIpc) is 0.808. The smallest absolute Gasteiger partial charge is 0.304 e. The number of rotatable bonds is 31. The fraction of sp³-hybridized carbons (Fsp3) is 0.253. The van der Waals surface area contributed by atoms with Gasteiger partial charge in [-0.3, -0.25) is 19.2 Å². The summed E-state index contributed by atoms with van der Waals surface area (Å²) in [5, 5.41) is 37.9. The van der Waals surface area contributed by atoms with Crippen LogP contribution in [0.2, 0.25) is 0 Å². The van der Waals surface area contributed by atoms with Crippen molar-refractivity contribution >= 4 is 57.2 Å². The maximum absolute atomic E-state index is 12.2. The highest BCUT2D eigenvalue weighted by Crippen LogP contribution is 2.38. The van der Waals surface area contributed by atoms with Crippen LogP contribution in [-0.2, 0) is 9.53 Å². The number of nitrogens with zero attached hydrogens (tertiary/aromatic N) is 1. The molecule has 11 aromatic carbocycles. The number of alkyl halides is 1. The number of halogens is 1. The molecule has 0 radical (unpaired) electrons. The van der Waals surface area contributed by atoms with E-state index in [1.807, 2.05) is 129 Å². The first kappa shape index (κ1) is 90.9. The molecule has 0 saturated carbocycles. The van der Waals surface area contributed by atoms with Gasteiger partial charge in [0.2, 0.25) is 0 Å². The Morgan fingerprint density at radius 3 is 0.798 bits per heavy atom. The van der Waals surface area contributed by atoms with Crippen molar-refractivity contribution < 1.29 is 63.3 Å². The van der Waals surface area contributed by atoms with Crippen LogP contribution in [0.15, 0.2) is 285 Å². The fourth-order valence-corrected chi connectivity index (χ4v) is 11.5. The van der Waals surface area contributed by atoms with Gasteiger partial charge in [0.1, 0.15) is 52.6 Å². The van der Waals surface area contributed by atoms with Gasteiger partial charge in [0.05, 0.1) is 19.8 Å². The lowest BCUT2D eigenvalue weighted by Gasteiger charge is -2.17. The van der Waals surface area contributed by atoms with Crippen LogP contribution in [0.4, 0.5) is 0 Å². The molecule has 1 atom stereocenters. The zero-order valence-corrected chi connectivity index (χ0v) is 68.2. The number of ether oxygens (including phenoxy) is 5. The number of aromatic hydroxyl groups is 4. The summed E-state index contributed by atoms with van der Waals surface area (Å²) in [6.07, 6.45) is 8.91. The number of ketones is 3. The third-order valence-corrected chi connectivity index (χ3v) is 17.6. The number of carbonyl (C=O) groups excluding carboxylic acids is 4. The fourth-order valence-electron chi connectivity index (χ4n) is 11.4. The Hall–Kier alpha value is -12.0. The first-order valence-electron chi connectivity index (χ1n) is 39.0. The highest BCUT2D eigenvalue weighted by Gasteiger charge is 2.17. The summed E-state index contributed by atoms with van der Waals surface area (Å²) in [7, 11) is 3.98. The summed E-state index contributed by atoms with van der Waals surface area (Å²) in [4.78, 5) is 47.5. The predicted octanol–water partition coefficient (Wildman–Crippen LogP) is 23.7. The molecule has 0 spiro atoms. The summed E-state index contributed by atoms with van der Waals surface area (Å²) >= 11 is 5.23. The second-order valence-electron chi connectivity index (χ2n) is 26.6. The molecule has 0 aliphatic carbocycles. The molecule has 15 heteroatoms. The van der Waals surface area contributed by atoms with E-state index in [2.05, 4.69) is 112 Å². The molecule has 0 amide bonds. The summed E-state index contributed by atoms with van der Waals surface area (Å²) < 4.78 is 27.2. The Morgan fingerprint density at radius 2 is 0.570 bits per heavy atom. The molecule has 4 N–H and O–H groups in total. The third-order valence-electron chi connectivity index (χ3n) is 17.5. The van der Waals surface area contributed by atoms with E-state index in [4.69, 9.17) is 30.5 Å². The Kier molecular flexibility index (Phi) is 40.5. The molecule has 114 heavy (non-hydrogen) atoms. The second kappa shape index (κ2) is 50.8. The van der Waals surface area contributed by atoms with Crippen molar-refractivity contribution in [2.75, 3.05) is 47.1 Å². The molecule has 596 valence electrons. The zero-order valence-electron chi connectivity index (χ0n) is 67.4. The third kappa shape index (κ3) is 32.0. The minimum absolute atomic E-state index is 0.0647. The van der Waals surface area contributed by atoms with E-state index in [1.54, 1.807) is 91.9 Å². The topological polar surface area (TPSA) is 199 Å². The molecule has 0 aromatic heterocycles. The summed E-state index contributed by atoms with van der Waals surface area (Å²) in [5.74, 6) is 3.92. The van der Waals surface area contributed by atoms with Crippen molar-refractivity contribution in [1.82, 2.24) is 4.90 Å². The average molecular weight is 1560 g/mol. The van der Waals surface area contributed by atoms with E-state index < -0.39 is 5.56 Å². The largest absolute Gasteiger partial charge is 0.508 e. The van der Waals surface area contributed by atoms with Crippen LogP contribution in [0.25, 0.3) is 22.3 Å². The quantitative estimate of drug-likeness (QED) is 0.0105. The van der Waals surface area contributed by atoms with Crippen LogP contribution in [0.1, 0.15) is 189 Å². The maximum atomic E-state index is 12.2. The molecule has 0 saturated heterocycles. The van der Waals surface area contributed by atoms with Gasteiger partial charge in [-0.05, 0) is 254 Å². The molecule has 0 fully saturated rings. The molecule has 0 aliphatic heterocycles. The van der Waals surface area contributed by atoms with E-state index in [0.717, 1.165) is 122 Å². The van der Waals surface area contributed by atoms with E-state index in [9.17, 15) is 39.6 Å². The van der Waals surface area contributed by atoms with Gasteiger partial charge in [0.25, 0.3) is 0 Å². The lowest BCUT2D eigenvalue weighted by atomic mass is 9.88. The van der Waals surface area contributed by atoms with Gasteiger partial charge in [0, 0.05) is 47.7 Å². The molecule has 14 nitrogen and oxygen atoms in total. The maximum Gasteiger partial charge on any atom is 0.304 e. The highest BCUT2D eigenvalue weighted by atomic mass is 35.5. The molecular weight excluding hydrogens is 1450 g/mol. The number of hydrogen-bond donors (Lipinski definition) is 4. The number of allylic oxidation sites excluding steroid dienone is 2. The molecule has 11 aromatic rings. The monoisotopic (exact) mass is 1560 g/mol. The van der Waals surface area contributed by atoms with Gasteiger partial charge in [-0.25, -0.2) is 0 Å². The lowest BCUT2D eigenvalue weighted by molar-refractivity contribution is -0.142. The van der Waals surface area contributed by atoms with Crippen LogP contribution in [0.3, 0.4) is 0 Å². The lowest BCUT2D eigenvalue weighted by Crippen LogP contribution is -2.19. The van der Waals surface area contributed by atoms with Crippen molar-refractivity contribution in [3.05, 3.63) is 346 Å². The van der Waals surface area contributed by atoms with Gasteiger partial charge < -0.3 is 49.0 Å². The van der Waals surface area contributed by atoms with Crippen molar-refractivity contribution in [3.63, 3.8) is 0 Å². The molecule has 0 aliphatic rings. The van der Waals surface area contributed by atoms with Crippen molar-refractivity contribution in [1.29, 1.82) is 0 Å². The zero-order chi connectivity index (χ0) is 82.4. The minimum Gasteiger partial charge on any atom is -0.508 e. The van der Waals surface area contributed by atoms with Crippen LogP contribution in [0.5, 0.6) is 46.0 Å². The number of unbranched alkanes of at least 4 members (excludes halogenated alkanes) is 3. The second-order valence-corrected chi connectivity index (χ2v) is 27.3. The van der Waals surface area contributed by atoms with E-state index in [-0.39, 0.29) is 46.3 Å². The number of carbonyl (C=O) groups is 4. The van der Waals surface area contributed by atoms with Crippen molar-refractivity contribution in [2.45, 2.75) is 119 Å². The van der Waals surface area contributed by atoms with E-state index in [0.29, 0.717) is 41.9 Å². The van der Waals surface area contributed by atoms with Gasteiger partial charge in [-0.15, -0.1) is 0 Å². The van der Waals surface area contributed by atoms with E-state index >= 15 is 0 Å². The highest BCUT2D eigenvalue weighted by molar-refractivity contribution is 6.20. The van der Waals surface area contributed by atoms with Gasteiger partial charge in [0.15, 0.2) is 22.9 Å². The molecule has 0 bridgehead atoms. The number of benzene rings is 11. The Balaban J connectivity index is 0.000000223. The number of likely N-dealkylation sites (N-methyl/N-ethyl adjacent to an activating group) is 1. The number of Topliss-reactive ketones (excluding diaryl/α,β-unsaturated/α-hetero) is 1. The normalized spacial score (nSPS) is 11.2. The number of hydrogen-bond acceptors (Lipinski definition) is 14. The molecule has 11 rings (SSSR count). The molecule has 0 heterocycles. The Bertz CT molecular complexity index is 4490. The number of phenols is 4. The van der Waals surface area contributed by atoms with Crippen molar-refractivity contribution in [2.24, 2.45) is 0 Å². The van der Waals surface area contributed by atoms with Gasteiger partial charge in [-0.1, -0.05) is 212 Å². The van der Waals surface area contributed by atoms with E-state index in [1.165, 1.54) is 64.6 Å². The molecular formula is C99H110ClNO13. The summed E-state index contributed by atoms with van der Waals surface area (Å²) in [5.41, 5.74) is 14.5. The number of esters is 1. The van der Waals surface area contributed by atoms with Crippen LogP contribution < -0.4 is 18.9 Å². The SMILES string of the molecule is CC(=O)OC(C)Cl.CCC(=O)c1ccccc1.CCCCOc1ccc(/C(=C(/CC)c2ccccc2)c2ccc(O)cc2)cc1.CCCCOc1ccc(C(=C(CC)c2ccccc2)c2ccc(O)cc2)cc1.CCCCOc1ccc(C(=O)c2ccc(O)cc2)cc1.CN(C)CCOc1ccc(C(=O)c2ccc(O)cc2)cc1. The van der Waals surface area contributed by atoms with Gasteiger partial charge in [-0.2, -0.15) is 0 Å². The van der Waals surface area contributed by atoms with Gasteiger partial charge >= 0.3 is 5.97 Å². The number of phenolic OH excluding ortho intramolecular Hbond substituents is 4. The Morgan fingerprint density at radius 1 is 0.325 bits per heavy atom. The summed E-state index contributed by atoms with van der Waals surface area (Å²) in [6, 6.07) is 88.6. The predicted molar refractivity (Wildman–Crippen MR) is 464 cm³/mol. The standard InChI is InChI=1S/2C26H28O2.C17H19NO3.C17H18O3.C9H10O.C4H7ClO2/c2*1-3-5-19-28-24-17-13-22(14-18-24)26(21-11-15-23(27)16-12-21)25(4-2)20-9-7-6-8-10-20;1-18(2)11-12-21-16-9-5-14(6-10-16)17(20)13-3-7-15(19)8-4-13;1-2-3-12-20-16-10-6-14(7-11-16)17(19)13-4-8-15(18)9-5-13;1-2-9(10)8-6-4-3-5-7-8;1-3(5)7-4(2)6/h2*6-18,27H,3-5,19H2,1-2H3;3-10,19H,11-12H2,1-2H3;4-11,18H,2-3,12H2,1H3;3-7H,2H2,1H3;3H,1-2H3/b26-25-;;;;;. The Labute approximate surface area is 679 Å². The van der Waals surface area contributed by atoms with Crippen LogP contribution in [-0.4, -0.2) is 101 Å². The van der Waals surface area contributed by atoms with Crippen LogP contribution >= 0.6 is 11.6 Å².